The second-order valence-corrected chi connectivity index (χ2v) is 7.75. The number of carbonyl (C=O) groups excluding carboxylic acids is 1. The topological polar surface area (TPSA) is 57.7 Å². The van der Waals surface area contributed by atoms with E-state index in [0.717, 1.165) is 43.3 Å². The van der Waals surface area contributed by atoms with Crippen molar-refractivity contribution in [1.82, 2.24) is 10.3 Å². The van der Waals surface area contributed by atoms with Gasteiger partial charge in [0.25, 0.3) is 5.91 Å². The molecule has 1 fully saturated rings. The number of nitrogens with one attached hydrogen (secondary N) is 1. The highest BCUT2D eigenvalue weighted by molar-refractivity contribution is 5.93. The van der Waals surface area contributed by atoms with Gasteiger partial charge in [0.2, 0.25) is 0 Å². The Morgan fingerprint density at radius 2 is 1.74 bits per heavy atom. The number of nitrogens with zero attached hydrogens (tertiary/aromatic N) is 3. The first kappa shape index (κ1) is 19.0. The fourth-order valence-corrected chi connectivity index (χ4v) is 3.24. The number of amides is 1. The zero-order valence-corrected chi connectivity index (χ0v) is 16.5. The molecule has 1 aromatic heterocycles. The molecule has 1 aliphatic rings. The number of hydrogen-bond donors (Lipinski definition) is 1. The average molecular weight is 368 g/mol. The number of hydrogen-bond acceptors (Lipinski definition) is 5. The van der Waals surface area contributed by atoms with Gasteiger partial charge in [0.05, 0.1) is 12.8 Å². The van der Waals surface area contributed by atoms with Gasteiger partial charge in [-0.25, -0.2) is 0 Å². The van der Waals surface area contributed by atoms with Crippen molar-refractivity contribution in [2.24, 2.45) is 0 Å². The van der Waals surface area contributed by atoms with Crippen LogP contribution in [0.4, 0.5) is 11.4 Å². The first-order valence-corrected chi connectivity index (χ1v) is 9.29. The van der Waals surface area contributed by atoms with Gasteiger partial charge in [-0.3, -0.25) is 9.78 Å². The van der Waals surface area contributed by atoms with Crippen molar-refractivity contribution < 1.29 is 9.53 Å². The monoisotopic (exact) mass is 368 g/mol. The van der Waals surface area contributed by atoms with Crippen LogP contribution in [-0.2, 0) is 0 Å². The minimum Gasteiger partial charge on any atom is -0.495 e. The van der Waals surface area contributed by atoms with E-state index >= 15 is 0 Å². The second-order valence-electron chi connectivity index (χ2n) is 7.75. The van der Waals surface area contributed by atoms with Crippen molar-refractivity contribution >= 4 is 17.3 Å². The maximum Gasteiger partial charge on any atom is 0.270 e. The number of aromatic nitrogens is 1. The van der Waals surface area contributed by atoms with Crippen LogP contribution in [-0.4, -0.2) is 49.7 Å². The van der Waals surface area contributed by atoms with Crippen molar-refractivity contribution in [3.8, 4) is 5.75 Å². The zero-order chi connectivity index (χ0) is 19.4. The van der Waals surface area contributed by atoms with E-state index in [2.05, 4.69) is 26.2 Å². The number of benzene rings is 1. The zero-order valence-electron chi connectivity index (χ0n) is 16.5. The van der Waals surface area contributed by atoms with Crippen LogP contribution in [0.5, 0.6) is 5.75 Å². The average Bonchev–Trinajstić information content (AvgIpc) is 2.67. The number of pyridine rings is 1. The third-order valence-electron chi connectivity index (χ3n) is 4.54. The first-order chi connectivity index (χ1) is 12.9. The Bertz CT molecular complexity index is 793. The van der Waals surface area contributed by atoms with Crippen molar-refractivity contribution in [3.63, 3.8) is 0 Å². The van der Waals surface area contributed by atoms with Crippen LogP contribution in [0.2, 0.25) is 0 Å². The number of para-hydroxylation sites is 2. The first-order valence-electron chi connectivity index (χ1n) is 9.29. The summed E-state index contributed by atoms with van der Waals surface area (Å²) < 4.78 is 5.48. The van der Waals surface area contributed by atoms with Crippen molar-refractivity contribution in [3.05, 3.63) is 48.3 Å². The van der Waals surface area contributed by atoms with Gasteiger partial charge in [-0.1, -0.05) is 12.1 Å². The van der Waals surface area contributed by atoms with Gasteiger partial charge in [-0.05, 0) is 45.0 Å². The van der Waals surface area contributed by atoms with Crippen molar-refractivity contribution in [2.75, 3.05) is 43.1 Å². The maximum absolute atomic E-state index is 12.4. The molecule has 0 aliphatic carbocycles. The maximum atomic E-state index is 12.4. The Morgan fingerprint density at radius 3 is 2.41 bits per heavy atom. The molecular formula is C21H28N4O2. The third kappa shape index (κ3) is 4.70. The minimum atomic E-state index is -0.283. The van der Waals surface area contributed by atoms with Gasteiger partial charge >= 0.3 is 0 Å². The van der Waals surface area contributed by atoms with Crippen LogP contribution in [0.1, 0.15) is 31.3 Å². The number of rotatable bonds is 4. The molecular weight excluding hydrogens is 340 g/mol. The molecule has 3 rings (SSSR count). The Morgan fingerprint density at radius 1 is 1.07 bits per heavy atom. The molecule has 1 amide bonds. The molecule has 0 spiro atoms. The molecule has 6 heteroatoms. The van der Waals surface area contributed by atoms with E-state index in [-0.39, 0.29) is 11.4 Å². The van der Waals surface area contributed by atoms with E-state index < -0.39 is 0 Å². The molecule has 1 N–H and O–H groups in total. The number of methoxy groups -OCH3 is 1. The lowest BCUT2D eigenvalue weighted by Crippen LogP contribution is -2.46. The normalized spacial score (nSPS) is 14.8. The summed E-state index contributed by atoms with van der Waals surface area (Å²) in [7, 11) is 1.70. The second kappa shape index (κ2) is 7.86. The Kier molecular flexibility index (Phi) is 5.54. The summed E-state index contributed by atoms with van der Waals surface area (Å²) >= 11 is 0. The molecule has 2 aromatic rings. The van der Waals surface area contributed by atoms with Crippen molar-refractivity contribution in [1.29, 1.82) is 0 Å². The van der Waals surface area contributed by atoms with Crippen LogP contribution in [0.3, 0.4) is 0 Å². The van der Waals surface area contributed by atoms with E-state index in [1.165, 1.54) is 0 Å². The smallest absolute Gasteiger partial charge is 0.270 e. The summed E-state index contributed by atoms with van der Waals surface area (Å²) in [5.74, 6) is 0.757. The van der Waals surface area contributed by atoms with Gasteiger partial charge in [0.15, 0.2) is 0 Å². The van der Waals surface area contributed by atoms with E-state index in [1.54, 1.807) is 13.3 Å². The van der Waals surface area contributed by atoms with Gasteiger partial charge in [0.1, 0.15) is 11.4 Å². The Hall–Kier alpha value is -2.76. The Balaban J connectivity index is 1.68. The number of carbonyl (C=O) groups is 1. The summed E-state index contributed by atoms with van der Waals surface area (Å²) in [6.45, 7) is 9.44. The largest absolute Gasteiger partial charge is 0.495 e. The standard InChI is InChI=1S/C21H28N4O2/c1-21(2,3)23-20(26)17-15-16(9-10-22-17)24-11-13-25(14-12-24)18-7-5-6-8-19(18)27-4/h5-10,15H,11-14H2,1-4H3,(H,23,26). The lowest BCUT2D eigenvalue weighted by atomic mass is 10.1. The van der Waals surface area contributed by atoms with E-state index in [1.807, 2.05) is 51.1 Å². The molecule has 27 heavy (non-hydrogen) atoms. The molecule has 0 saturated carbocycles. The predicted molar refractivity (Wildman–Crippen MR) is 109 cm³/mol. The molecule has 144 valence electrons. The van der Waals surface area contributed by atoms with Gasteiger partial charge in [-0.15, -0.1) is 0 Å². The number of ether oxygens (including phenoxy) is 1. The lowest BCUT2D eigenvalue weighted by molar-refractivity contribution is 0.0914. The quantitative estimate of drug-likeness (QED) is 0.899. The summed E-state index contributed by atoms with van der Waals surface area (Å²) in [6.07, 6.45) is 1.71. The molecule has 1 aliphatic heterocycles. The van der Waals surface area contributed by atoms with E-state index in [0.29, 0.717) is 5.69 Å². The molecule has 1 aromatic carbocycles. The SMILES string of the molecule is COc1ccccc1N1CCN(c2ccnc(C(=O)NC(C)(C)C)c2)CC1. The predicted octanol–water partition coefficient (Wildman–Crippen LogP) is 2.95. The van der Waals surface area contributed by atoms with Crippen LogP contribution in [0, 0.1) is 0 Å². The van der Waals surface area contributed by atoms with Gasteiger partial charge < -0.3 is 19.9 Å². The number of piperazine rings is 1. The van der Waals surface area contributed by atoms with Gasteiger partial charge in [-0.2, -0.15) is 0 Å². The summed E-state index contributed by atoms with van der Waals surface area (Å²) in [5, 5.41) is 2.96. The molecule has 6 nitrogen and oxygen atoms in total. The highest BCUT2D eigenvalue weighted by Crippen LogP contribution is 2.29. The van der Waals surface area contributed by atoms with Gasteiger partial charge in [0, 0.05) is 43.6 Å². The highest BCUT2D eigenvalue weighted by atomic mass is 16.5. The molecule has 0 bridgehead atoms. The molecule has 0 unspecified atom stereocenters. The summed E-state index contributed by atoms with van der Waals surface area (Å²) in [5.41, 5.74) is 2.33. The summed E-state index contributed by atoms with van der Waals surface area (Å²) in [4.78, 5) is 21.3. The number of anilines is 2. The Labute approximate surface area is 161 Å². The fraction of sp³-hybridized carbons (Fsp3) is 0.429. The van der Waals surface area contributed by atoms with Crippen molar-refractivity contribution in [2.45, 2.75) is 26.3 Å². The van der Waals surface area contributed by atoms with Crippen LogP contribution in [0.15, 0.2) is 42.6 Å². The lowest BCUT2D eigenvalue weighted by Gasteiger charge is -2.37. The van der Waals surface area contributed by atoms with E-state index in [4.69, 9.17) is 4.74 Å². The van der Waals surface area contributed by atoms with Crippen LogP contribution in [0.25, 0.3) is 0 Å². The van der Waals surface area contributed by atoms with E-state index in [9.17, 15) is 4.79 Å². The molecule has 1 saturated heterocycles. The fourth-order valence-electron chi connectivity index (χ4n) is 3.24. The van der Waals surface area contributed by atoms with Crippen LogP contribution < -0.4 is 19.9 Å². The molecule has 0 radical (unpaired) electrons. The highest BCUT2D eigenvalue weighted by Gasteiger charge is 2.21. The molecule has 2 heterocycles. The third-order valence-corrected chi connectivity index (χ3v) is 4.54. The molecule has 0 atom stereocenters. The van der Waals surface area contributed by atoms with Crippen LogP contribution >= 0.6 is 0 Å². The summed E-state index contributed by atoms with van der Waals surface area (Å²) in [6, 6.07) is 11.9. The minimum absolute atomic E-state index is 0.142.